The highest BCUT2D eigenvalue weighted by atomic mass is 35.5. The number of nitriles is 1. The van der Waals surface area contributed by atoms with E-state index in [1.54, 1.807) is 12.1 Å². The van der Waals surface area contributed by atoms with Crippen LogP contribution < -0.4 is 10.6 Å². The van der Waals surface area contributed by atoms with Crippen LogP contribution in [0.2, 0.25) is 5.02 Å². The lowest BCUT2D eigenvalue weighted by Gasteiger charge is -2.33. The Morgan fingerprint density at radius 2 is 2.04 bits per heavy atom. The van der Waals surface area contributed by atoms with Gasteiger partial charge in [0.25, 0.3) is 0 Å². The van der Waals surface area contributed by atoms with Crippen LogP contribution in [0.4, 0.5) is 0 Å². The Labute approximate surface area is 173 Å². The number of rotatable bonds is 5. The van der Waals surface area contributed by atoms with Crippen molar-refractivity contribution < 1.29 is 9.59 Å². The number of allylic oxidation sites excluding steroid dienone is 3. The molecule has 0 radical (unpaired) electrons. The number of halogens is 1. The number of nitrogens with one attached hydrogen (secondary N) is 2. The average Bonchev–Trinajstić information content (AvgIpc) is 3.50. The maximum absolute atomic E-state index is 12.7. The Hall–Kier alpha value is -2.23. The number of carbonyl (C=O) groups excluding carboxylic acids is 2. The molecular formula is C21H20ClN3O2S. The zero-order chi connectivity index (χ0) is 19.7. The van der Waals surface area contributed by atoms with E-state index in [4.69, 9.17) is 11.6 Å². The second-order valence-electron chi connectivity index (χ2n) is 7.26. The number of thioether (sulfide) groups is 1. The van der Waals surface area contributed by atoms with Crippen LogP contribution in [-0.4, -0.2) is 23.5 Å². The first-order chi connectivity index (χ1) is 13.6. The molecule has 1 aliphatic heterocycles. The molecule has 0 saturated heterocycles. The van der Waals surface area contributed by atoms with E-state index in [-0.39, 0.29) is 17.4 Å². The van der Waals surface area contributed by atoms with E-state index in [9.17, 15) is 14.9 Å². The summed E-state index contributed by atoms with van der Waals surface area (Å²) in [6, 6.07) is 9.88. The molecule has 7 heteroatoms. The molecule has 1 aromatic rings. The van der Waals surface area contributed by atoms with Gasteiger partial charge in [-0.15, -0.1) is 0 Å². The fourth-order valence-corrected chi connectivity index (χ4v) is 4.66. The molecule has 1 amide bonds. The molecule has 2 N–H and O–H groups in total. The number of carbonyl (C=O) groups is 2. The molecule has 1 saturated carbocycles. The summed E-state index contributed by atoms with van der Waals surface area (Å²) in [6.07, 6.45) is 4.13. The van der Waals surface area contributed by atoms with Gasteiger partial charge in [0, 0.05) is 28.8 Å². The van der Waals surface area contributed by atoms with Crippen LogP contribution in [0.3, 0.4) is 0 Å². The molecule has 1 aromatic carbocycles. The lowest BCUT2D eigenvalue weighted by molar-refractivity contribution is -0.118. The van der Waals surface area contributed by atoms with Crippen molar-refractivity contribution in [1.82, 2.24) is 10.6 Å². The highest BCUT2D eigenvalue weighted by Gasteiger charge is 2.37. The fraction of sp³-hybridized carbons (Fsp3) is 0.381. The van der Waals surface area contributed by atoms with Crippen LogP contribution >= 0.6 is 23.4 Å². The van der Waals surface area contributed by atoms with E-state index in [0.29, 0.717) is 33.7 Å². The van der Waals surface area contributed by atoms with Crippen LogP contribution in [0.1, 0.15) is 43.6 Å². The first-order valence-electron chi connectivity index (χ1n) is 9.42. The first-order valence-corrected chi connectivity index (χ1v) is 10.8. The summed E-state index contributed by atoms with van der Waals surface area (Å²) in [7, 11) is 0. The molecule has 144 valence electrons. The molecule has 1 atom stereocenters. The summed E-state index contributed by atoms with van der Waals surface area (Å²) >= 11 is 7.36. The third kappa shape index (κ3) is 3.96. The minimum absolute atomic E-state index is 0.0263. The van der Waals surface area contributed by atoms with Crippen molar-refractivity contribution in [2.75, 3.05) is 5.75 Å². The number of dihydropyridines is 1. The van der Waals surface area contributed by atoms with Gasteiger partial charge < -0.3 is 10.6 Å². The Kier molecular flexibility index (Phi) is 5.47. The van der Waals surface area contributed by atoms with Crippen molar-refractivity contribution in [3.05, 3.63) is 56.7 Å². The maximum Gasteiger partial charge on any atom is 0.230 e. The van der Waals surface area contributed by atoms with E-state index < -0.39 is 5.92 Å². The molecule has 3 aliphatic rings. The van der Waals surface area contributed by atoms with Crippen LogP contribution in [-0.2, 0) is 9.59 Å². The average molecular weight is 414 g/mol. The number of ketones is 1. The zero-order valence-electron chi connectivity index (χ0n) is 15.3. The Morgan fingerprint density at radius 1 is 1.29 bits per heavy atom. The van der Waals surface area contributed by atoms with Gasteiger partial charge in [-0.25, -0.2) is 0 Å². The minimum Gasteiger partial charge on any atom is -0.353 e. The topological polar surface area (TPSA) is 82.0 Å². The summed E-state index contributed by atoms with van der Waals surface area (Å²) in [5.41, 5.74) is 2.91. The van der Waals surface area contributed by atoms with E-state index in [0.717, 1.165) is 36.9 Å². The summed E-state index contributed by atoms with van der Waals surface area (Å²) in [4.78, 5) is 24.8. The van der Waals surface area contributed by atoms with Gasteiger partial charge in [-0.3, -0.25) is 9.59 Å². The highest BCUT2D eigenvalue weighted by Crippen LogP contribution is 2.44. The predicted octanol–water partition coefficient (Wildman–Crippen LogP) is 3.78. The van der Waals surface area contributed by atoms with E-state index >= 15 is 0 Å². The Balaban J connectivity index is 1.67. The van der Waals surface area contributed by atoms with Gasteiger partial charge in [-0.2, -0.15) is 5.26 Å². The highest BCUT2D eigenvalue weighted by molar-refractivity contribution is 8.03. The Bertz CT molecular complexity index is 926. The van der Waals surface area contributed by atoms with Crippen molar-refractivity contribution in [3.8, 4) is 6.07 Å². The third-order valence-corrected chi connectivity index (χ3v) is 6.43. The Morgan fingerprint density at radius 3 is 2.71 bits per heavy atom. The van der Waals surface area contributed by atoms with Gasteiger partial charge >= 0.3 is 0 Å². The largest absolute Gasteiger partial charge is 0.353 e. The van der Waals surface area contributed by atoms with Crippen molar-refractivity contribution in [2.24, 2.45) is 0 Å². The van der Waals surface area contributed by atoms with Crippen molar-refractivity contribution in [3.63, 3.8) is 0 Å². The van der Waals surface area contributed by atoms with Crippen molar-refractivity contribution >= 4 is 35.1 Å². The molecule has 1 fully saturated rings. The summed E-state index contributed by atoms with van der Waals surface area (Å²) < 4.78 is 0. The molecule has 1 heterocycles. The van der Waals surface area contributed by atoms with Crippen LogP contribution in [0.25, 0.3) is 0 Å². The van der Waals surface area contributed by atoms with Gasteiger partial charge in [0.15, 0.2) is 5.78 Å². The normalized spacial score (nSPS) is 21.7. The molecule has 4 rings (SSSR count). The minimum atomic E-state index is -0.416. The fourth-order valence-electron chi connectivity index (χ4n) is 3.66. The molecular weight excluding hydrogens is 394 g/mol. The standard InChI is InChI=1S/C21H20ClN3O2S/c22-13-6-4-12(5-7-13)19-15(10-23)21(28-11-18(27)24-14-8-9-14)25-16-2-1-3-17(26)20(16)19/h4-7,14,19,25H,1-3,8-9,11H2,(H,24,27). The van der Waals surface area contributed by atoms with E-state index in [1.165, 1.54) is 11.8 Å². The molecule has 1 unspecified atom stereocenters. The molecule has 0 aromatic heterocycles. The summed E-state index contributed by atoms with van der Waals surface area (Å²) in [5, 5.41) is 17.5. The van der Waals surface area contributed by atoms with Gasteiger partial charge in [-0.1, -0.05) is 35.5 Å². The number of Topliss-reactive ketones (excluding diaryl/α,β-unsaturated/α-hetero) is 1. The smallest absolute Gasteiger partial charge is 0.230 e. The van der Waals surface area contributed by atoms with Crippen LogP contribution in [0.5, 0.6) is 0 Å². The van der Waals surface area contributed by atoms with Gasteiger partial charge in [0.05, 0.1) is 28.3 Å². The summed E-state index contributed by atoms with van der Waals surface area (Å²) in [5.74, 6) is -0.118. The monoisotopic (exact) mass is 413 g/mol. The number of nitrogens with zero attached hydrogens (tertiary/aromatic N) is 1. The second kappa shape index (κ2) is 8.02. The number of hydrogen-bond acceptors (Lipinski definition) is 5. The molecule has 28 heavy (non-hydrogen) atoms. The van der Waals surface area contributed by atoms with Crippen molar-refractivity contribution in [2.45, 2.75) is 44.1 Å². The van der Waals surface area contributed by atoms with E-state index in [2.05, 4.69) is 16.7 Å². The first kappa shape index (κ1) is 19.1. The maximum atomic E-state index is 12.7. The number of hydrogen-bond donors (Lipinski definition) is 2. The lowest BCUT2D eigenvalue weighted by Crippen LogP contribution is -2.32. The van der Waals surface area contributed by atoms with Crippen molar-refractivity contribution in [1.29, 1.82) is 5.26 Å². The molecule has 2 aliphatic carbocycles. The summed E-state index contributed by atoms with van der Waals surface area (Å²) in [6.45, 7) is 0. The predicted molar refractivity (Wildman–Crippen MR) is 109 cm³/mol. The zero-order valence-corrected chi connectivity index (χ0v) is 16.8. The number of amides is 1. The van der Waals surface area contributed by atoms with Gasteiger partial charge in [0.2, 0.25) is 5.91 Å². The van der Waals surface area contributed by atoms with Crippen LogP contribution in [0.15, 0.2) is 46.1 Å². The second-order valence-corrected chi connectivity index (χ2v) is 8.69. The quantitative estimate of drug-likeness (QED) is 0.767. The molecule has 5 nitrogen and oxygen atoms in total. The molecule has 0 bridgehead atoms. The van der Waals surface area contributed by atoms with Gasteiger partial charge in [0.1, 0.15) is 0 Å². The number of benzene rings is 1. The van der Waals surface area contributed by atoms with E-state index in [1.807, 2.05) is 12.1 Å². The lowest BCUT2D eigenvalue weighted by atomic mass is 9.77. The third-order valence-electron chi connectivity index (χ3n) is 5.16. The van der Waals surface area contributed by atoms with Gasteiger partial charge in [-0.05, 0) is 43.4 Å². The SMILES string of the molecule is N#CC1=C(SCC(=O)NC2CC2)NC2=C(C(=O)CCC2)C1c1ccc(Cl)cc1. The molecule has 0 spiro atoms. The van der Waals surface area contributed by atoms with Crippen LogP contribution in [0, 0.1) is 11.3 Å².